The molecule has 2 heterocycles. The monoisotopic (exact) mass is 366 g/mol. The Balaban J connectivity index is 1.39. The molecule has 138 valence electrons. The predicted octanol–water partition coefficient (Wildman–Crippen LogP) is 3.40. The molecule has 0 saturated carbocycles. The maximum absolute atomic E-state index is 12.3. The molecule has 0 spiro atoms. The van der Waals surface area contributed by atoms with Crippen LogP contribution in [0.5, 0.6) is 17.2 Å². The zero-order valence-corrected chi connectivity index (χ0v) is 14.7. The number of carbonyl (C=O) groups excluding carboxylic acids is 1. The second-order valence-electron chi connectivity index (χ2n) is 5.90. The van der Waals surface area contributed by atoms with E-state index in [0.717, 1.165) is 16.9 Å². The summed E-state index contributed by atoms with van der Waals surface area (Å²) in [5.41, 5.74) is 1.95. The maximum atomic E-state index is 12.3. The van der Waals surface area contributed by atoms with Crippen molar-refractivity contribution in [1.29, 1.82) is 0 Å². The number of fused-ring (bicyclic) bond motifs is 1. The van der Waals surface area contributed by atoms with E-state index in [9.17, 15) is 4.79 Å². The molecule has 0 aliphatic carbocycles. The summed E-state index contributed by atoms with van der Waals surface area (Å²) in [7, 11) is 0. The molecule has 7 heteroatoms. The minimum atomic E-state index is -0.311. The van der Waals surface area contributed by atoms with Crippen molar-refractivity contribution in [2.24, 2.45) is 0 Å². The summed E-state index contributed by atoms with van der Waals surface area (Å²) in [6, 6.07) is 14.6. The molecule has 0 bridgehead atoms. The molecule has 7 nitrogen and oxygen atoms in total. The topological polar surface area (TPSA) is 82.8 Å². The van der Waals surface area contributed by atoms with Crippen LogP contribution in [0.1, 0.15) is 23.0 Å². The van der Waals surface area contributed by atoms with Gasteiger partial charge in [0.1, 0.15) is 5.75 Å². The second kappa shape index (κ2) is 7.41. The van der Waals surface area contributed by atoms with Crippen molar-refractivity contribution in [2.45, 2.75) is 13.5 Å². The van der Waals surface area contributed by atoms with E-state index < -0.39 is 0 Å². The van der Waals surface area contributed by atoms with Crippen LogP contribution in [0.25, 0.3) is 11.3 Å². The molecule has 1 aliphatic heterocycles. The highest BCUT2D eigenvalue weighted by atomic mass is 16.7. The van der Waals surface area contributed by atoms with E-state index in [4.69, 9.17) is 18.7 Å². The quantitative estimate of drug-likeness (QED) is 0.720. The van der Waals surface area contributed by atoms with Crippen LogP contribution in [0.4, 0.5) is 0 Å². The summed E-state index contributed by atoms with van der Waals surface area (Å²) in [5.74, 6) is 2.38. The number of nitrogens with one attached hydrogen (secondary N) is 1. The van der Waals surface area contributed by atoms with Gasteiger partial charge in [-0.05, 0) is 48.9 Å². The Hall–Kier alpha value is -3.48. The van der Waals surface area contributed by atoms with Gasteiger partial charge in [-0.15, -0.1) is 0 Å². The SMILES string of the molecule is CCOc1ccc(-c2cc(C(=O)NCc3ccc4c(c3)OCO4)no2)cc1. The average Bonchev–Trinajstić information content (AvgIpc) is 3.36. The van der Waals surface area contributed by atoms with Gasteiger partial charge < -0.3 is 24.1 Å². The van der Waals surface area contributed by atoms with Gasteiger partial charge in [0.25, 0.3) is 5.91 Å². The summed E-state index contributed by atoms with van der Waals surface area (Å²) in [6.07, 6.45) is 0. The first-order chi connectivity index (χ1) is 13.2. The molecule has 2 aromatic carbocycles. The summed E-state index contributed by atoms with van der Waals surface area (Å²) in [6.45, 7) is 3.10. The van der Waals surface area contributed by atoms with Crippen molar-refractivity contribution < 1.29 is 23.5 Å². The summed E-state index contributed by atoms with van der Waals surface area (Å²) in [4.78, 5) is 12.3. The Morgan fingerprint density at radius 3 is 2.74 bits per heavy atom. The number of benzene rings is 2. The van der Waals surface area contributed by atoms with Crippen LogP contribution in [0.2, 0.25) is 0 Å². The van der Waals surface area contributed by atoms with E-state index in [-0.39, 0.29) is 18.4 Å². The largest absolute Gasteiger partial charge is 0.494 e. The lowest BCUT2D eigenvalue weighted by molar-refractivity contribution is 0.0942. The fourth-order valence-corrected chi connectivity index (χ4v) is 2.72. The van der Waals surface area contributed by atoms with E-state index in [1.54, 1.807) is 6.07 Å². The molecule has 27 heavy (non-hydrogen) atoms. The van der Waals surface area contributed by atoms with Gasteiger partial charge in [-0.3, -0.25) is 4.79 Å². The molecule has 4 rings (SSSR count). The number of rotatable bonds is 6. The minimum Gasteiger partial charge on any atom is -0.494 e. The lowest BCUT2D eigenvalue weighted by Crippen LogP contribution is -2.22. The molecule has 3 aromatic rings. The van der Waals surface area contributed by atoms with Crippen molar-refractivity contribution in [2.75, 3.05) is 13.4 Å². The van der Waals surface area contributed by atoms with E-state index in [1.165, 1.54) is 0 Å². The van der Waals surface area contributed by atoms with Crippen LogP contribution >= 0.6 is 0 Å². The van der Waals surface area contributed by atoms with Crippen LogP contribution < -0.4 is 19.5 Å². The number of aromatic nitrogens is 1. The van der Waals surface area contributed by atoms with Crippen molar-refractivity contribution >= 4 is 5.91 Å². The van der Waals surface area contributed by atoms with Crippen LogP contribution in [-0.4, -0.2) is 24.5 Å². The van der Waals surface area contributed by atoms with Crippen molar-refractivity contribution in [3.63, 3.8) is 0 Å². The normalized spacial score (nSPS) is 12.0. The Morgan fingerprint density at radius 1 is 1.11 bits per heavy atom. The summed E-state index contributed by atoms with van der Waals surface area (Å²) in [5, 5.41) is 6.68. The first kappa shape index (κ1) is 17.0. The molecule has 0 atom stereocenters. The molecular formula is C20H18N2O5. The van der Waals surface area contributed by atoms with Gasteiger partial charge in [-0.2, -0.15) is 0 Å². The van der Waals surface area contributed by atoms with Crippen molar-refractivity contribution in [1.82, 2.24) is 10.5 Å². The van der Waals surface area contributed by atoms with Gasteiger partial charge in [0.05, 0.1) is 6.61 Å². The third-order valence-electron chi connectivity index (χ3n) is 4.08. The highest BCUT2D eigenvalue weighted by Crippen LogP contribution is 2.32. The molecule has 1 N–H and O–H groups in total. The zero-order chi connectivity index (χ0) is 18.6. The lowest BCUT2D eigenvalue weighted by Gasteiger charge is -2.04. The highest BCUT2D eigenvalue weighted by Gasteiger charge is 2.16. The number of amides is 1. The molecule has 0 unspecified atom stereocenters. The summed E-state index contributed by atoms with van der Waals surface area (Å²) < 4.78 is 21.3. The van der Waals surface area contributed by atoms with Crippen LogP contribution in [0, 0.1) is 0 Å². The van der Waals surface area contributed by atoms with Crippen LogP contribution in [0.15, 0.2) is 53.1 Å². The zero-order valence-electron chi connectivity index (χ0n) is 14.7. The highest BCUT2D eigenvalue weighted by molar-refractivity contribution is 5.93. The second-order valence-corrected chi connectivity index (χ2v) is 5.90. The first-order valence-electron chi connectivity index (χ1n) is 8.59. The van der Waals surface area contributed by atoms with Gasteiger partial charge in [-0.1, -0.05) is 11.2 Å². The molecule has 0 saturated heterocycles. The van der Waals surface area contributed by atoms with Gasteiger partial charge in [0.15, 0.2) is 23.0 Å². The molecular weight excluding hydrogens is 348 g/mol. The van der Waals surface area contributed by atoms with Gasteiger partial charge in [-0.25, -0.2) is 0 Å². The molecule has 0 radical (unpaired) electrons. The third kappa shape index (κ3) is 3.72. The Kier molecular flexibility index (Phi) is 4.65. The fourth-order valence-electron chi connectivity index (χ4n) is 2.72. The van der Waals surface area contributed by atoms with E-state index in [1.807, 2.05) is 49.4 Å². The van der Waals surface area contributed by atoms with Crippen LogP contribution in [-0.2, 0) is 6.54 Å². The third-order valence-corrected chi connectivity index (χ3v) is 4.08. The van der Waals surface area contributed by atoms with Crippen LogP contribution in [0.3, 0.4) is 0 Å². The van der Waals surface area contributed by atoms with Gasteiger partial charge in [0.2, 0.25) is 6.79 Å². The first-order valence-corrected chi connectivity index (χ1v) is 8.59. The molecule has 1 amide bonds. The molecule has 1 aromatic heterocycles. The van der Waals surface area contributed by atoms with E-state index in [2.05, 4.69) is 10.5 Å². The standard InChI is InChI=1S/C20H18N2O5/c1-2-24-15-6-4-14(5-7-15)18-10-16(22-27-18)20(23)21-11-13-3-8-17-19(9-13)26-12-25-17/h3-10H,2,11-12H2,1H3,(H,21,23). The summed E-state index contributed by atoms with van der Waals surface area (Å²) >= 11 is 0. The van der Waals surface area contributed by atoms with E-state index in [0.29, 0.717) is 30.4 Å². The average molecular weight is 366 g/mol. The molecule has 0 fully saturated rings. The predicted molar refractivity (Wildman–Crippen MR) is 96.8 cm³/mol. The number of nitrogens with zero attached hydrogens (tertiary/aromatic N) is 1. The van der Waals surface area contributed by atoms with Gasteiger partial charge >= 0.3 is 0 Å². The number of ether oxygens (including phenoxy) is 3. The Morgan fingerprint density at radius 2 is 1.93 bits per heavy atom. The smallest absolute Gasteiger partial charge is 0.273 e. The van der Waals surface area contributed by atoms with Gasteiger partial charge in [0, 0.05) is 18.2 Å². The number of hydrogen-bond donors (Lipinski definition) is 1. The van der Waals surface area contributed by atoms with Crippen molar-refractivity contribution in [3.05, 3.63) is 59.8 Å². The Labute approximate surface area is 155 Å². The number of hydrogen-bond acceptors (Lipinski definition) is 6. The minimum absolute atomic E-state index is 0.221. The Bertz CT molecular complexity index is 949. The fraction of sp³-hybridized carbons (Fsp3) is 0.200. The molecule has 1 aliphatic rings. The van der Waals surface area contributed by atoms with Crippen molar-refractivity contribution in [3.8, 4) is 28.6 Å². The lowest BCUT2D eigenvalue weighted by atomic mass is 10.1. The number of carbonyl (C=O) groups is 1. The maximum Gasteiger partial charge on any atom is 0.273 e. The van der Waals surface area contributed by atoms with E-state index >= 15 is 0 Å².